The summed E-state index contributed by atoms with van der Waals surface area (Å²) in [5, 5.41) is 5.26. The fourth-order valence-corrected chi connectivity index (χ4v) is 1.55. The molecule has 0 fully saturated rings. The minimum absolute atomic E-state index is 0.0188. The average Bonchev–Trinajstić information content (AvgIpc) is 2.42. The van der Waals surface area contributed by atoms with E-state index in [1.807, 2.05) is 19.9 Å². The molecule has 0 bridgehead atoms. The van der Waals surface area contributed by atoms with Gasteiger partial charge in [0.1, 0.15) is 5.75 Å². The van der Waals surface area contributed by atoms with Crippen molar-refractivity contribution in [2.75, 3.05) is 20.2 Å². The van der Waals surface area contributed by atoms with Crippen molar-refractivity contribution in [1.82, 2.24) is 10.6 Å². The Morgan fingerprint density at radius 3 is 2.63 bits per heavy atom. The summed E-state index contributed by atoms with van der Waals surface area (Å²) >= 11 is 0. The average molecular weight is 264 g/mol. The molecule has 0 aromatic heterocycles. The Hall–Kier alpha value is -2.04. The number of aryl methyl sites for hydroxylation is 1. The number of hydrogen-bond acceptors (Lipinski definition) is 3. The van der Waals surface area contributed by atoms with Gasteiger partial charge in [-0.25, -0.2) is 0 Å². The number of rotatable bonds is 6. The van der Waals surface area contributed by atoms with E-state index in [1.165, 1.54) is 0 Å². The Kier molecular flexibility index (Phi) is 5.85. The van der Waals surface area contributed by atoms with Gasteiger partial charge < -0.3 is 15.4 Å². The summed E-state index contributed by atoms with van der Waals surface area (Å²) in [6.07, 6.45) is 0.870. The summed E-state index contributed by atoms with van der Waals surface area (Å²) in [6, 6.07) is 5.18. The van der Waals surface area contributed by atoms with Crippen LogP contribution in [0.2, 0.25) is 0 Å². The van der Waals surface area contributed by atoms with Crippen LogP contribution in [0.25, 0.3) is 0 Å². The van der Waals surface area contributed by atoms with Crippen LogP contribution in [0.1, 0.15) is 29.3 Å². The summed E-state index contributed by atoms with van der Waals surface area (Å²) in [7, 11) is 1.56. The maximum atomic E-state index is 11.9. The lowest BCUT2D eigenvalue weighted by atomic mass is 10.1. The van der Waals surface area contributed by atoms with Gasteiger partial charge in [0.05, 0.1) is 13.7 Å². The van der Waals surface area contributed by atoms with Crippen LogP contribution < -0.4 is 15.4 Å². The van der Waals surface area contributed by atoms with Crippen molar-refractivity contribution in [2.24, 2.45) is 0 Å². The largest absolute Gasteiger partial charge is 0.496 e. The van der Waals surface area contributed by atoms with E-state index in [2.05, 4.69) is 10.6 Å². The summed E-state index contributed by atoms with van der Waals surface area (Å²) < 4.78 is 5.16. The van der Waals surface area contributed by atoms with Gasteiger partial charge in [-0.15, -0.1) is 0 Å². The van der Waals surface area contributed by atoms with Gasteiger partial charge in [-0.1, -0.05) is 13.0 Å². The third-order valence-corrected chi connectivity index (χ3v) is 2.65. The topological polar surface area (TPSA) is 67.4 Å². The second-order valence-electron chi connectivity index (χ2n) is 4.22. The molecule has 0 unspecified atom stereocenters. The highest BCUT2D eigenvalue weighted by Crippen LogP contribution is 2.18. The molecule has 0 saturated heterocycles. The van der Waals surface area contributed by atoms with E-state index in [0.717, 1.165) is 12.0 Å². The van der Waals surface area contributed by atoms with Gasteiger partial charge >= 0.3 is 0 Å². The lowest BCUT2D eigenvalue weighted by Gasteiger charge is -2.08. The molecule has 0 radical (unpaired) electrons. The van der Waals surface area contributed by atoms with Crippen LogP contribution in [0.4, 0.5) is 0 Å². The highest BCUT2D eigenvalue weighted by Gasteiger charge is 2.09. The van der Waals surface area contributed by atoms with E-state index in [1.54, 1.807) is 19.2 Å². The normalized spacial score (nSPS) is 9.84. The van der Waals surface area contributed by atoms with E-state index in [4.69, 9.17) is 4.74 Å². The molecule has 0 heterocycles. The fraction of sp³-hybridized carbons (Fsp3) is 0.429. The highest BCUT2D eigenvalue weighted by atomic mass is 16.5. The summed E-state index contributed by atoms with van der Waals surface area (Å²) in [6.45, 7) is 4.47. The van der Waals surface area contributed by atoms with Crippen LogP contribution >= 0.6 is 0 Å². The third kappa shape index (κ3) is 4.62. The molecule has 0 aliphatic rings. The molecule has 0 saturated carbocycles. The molecule has 2 amide bonds. The minimum Gasteiger partial charge on any atom is -0.496 e. The number of amides is 2. The first-order chi connectivity index (χ1) is 9.08. The first-order valence-electron chi connectivity index (χ1n) is 6.28. The number of carbonyl (C=O) groups excluding carboxylic acids is 2. The zero-order chi connectivity index (χ0) is 14.3. The van der Waals surface area contributed by atoms with Crippen molar-refractivity contribution in [2.45, 2.75) is 20.3 Å². The van der Waals surface area contributed by atoms with E-state index in [-0.39, 0.29) is 18.4 Å². The van der Waals surface area contributed by atoms with Crippen molar-refractivity contribution in [3.8, 4) is 5.75 Å². The molecular formula is C14H20N2O3. The van der Waals surface area contributed by atoms with E-state index in [0.29, 0.717) is 17.9 Å². The molecule has 1 aromatic rings. The predicted molar refractivity (Wildman–Crippen MR) is 73.4 cm³/mol. The minimum atomic E-state index is -0.287. The van der Waals surface area contributed by atoms with Gasteiger partial charge in [0.15, 0.2) is 0 Å². The van der Waals surface area contributed by atoms with Gasteiger partial charge in [-0.3, -0.25) is 9.59 Å². The van der Waals surface area contributed by atoms with Gasteiger partial charge in [-0.05, 0) is 31.0 Å². The zero-order valence-corrected chi connectivity index (χ0v) is 11.6. The standard InChI is InChI=1S/C14H20N2O3/c1-4-7-15-13(17)9-16-14(18)11-6-5-10(2)12(8-11)19-3/h5-6,8H,4,7,9H2,1-3H3,(H,15,17)(H,16,18). The van der Waals surface area contributed by atoms with Crippen molar-refractivity contribution in [1.29, 1.82) is 0 Å². The SMILES string of the molecule is CCCNC(=O)CNC(=O)c1ccc(C)c(OC)c1. The van der Waals surface area contributed by atoms with Gasteiger partial charge in [-0.2, -0.15) is 0 Å². The van der Waals surface area contributed by atoms with Gasteiger partial charge in [0.2, 0.25) is 5.91 Å². The van der Waals surface area contributed by atoms with Gasteiger partial charge in [0.25, 0.3) is 5.91 Å². The molecular weight excluding hydrogens is 244 g/mol. The van der Waals surface area contributed by atoms with Crippen LogP contribution in [0.3, 0.4) is 0 Å². The van der Waals surface area contributed by atoms with Crippen LogP contribution in [0, 0.1) is 6.92 Å². The number of nitrogens with one attached hydrogen (secondary N) is 2. The van der Waals surface area contributed by atoms with Crippen molar-refractivity contribution >= 4 is 11.8 Å². The van der Waals surface area contributed by atoms with Crippen LogP contribution in [0.15, 0.2) is 18.2 Å². The lowest BCUT2D eigenvalue weighted by Crippen LogP contribution is -2.37. The third-order valence-electron chi connectivity index (χ3n) is 2.65. The molecule has 0 spiro atoms. The van der Waals surface area contributed by atoms with Crippen molar-refractivity contribution in [3.63, 3.8) is 0 Å². The first-order valence-corrected chi connectivity index (χ1v) is 6.28. The molecule has 0 aliphatic carbocycles. The Morgan fingerprint density at radius 1 is 1.26 bits per heavy atom. The second-order valence-corrected chi connectivity index (χ2v) is 4.22. The zero-order valence-electron chi connectivity index (χ0n) is 11.6. The summed E-state index contributed by atoms with van der Waals surface area (Å²) in [5.74, 6) is 0.183. The Labute approximate surface area is 113 Å². The van der Waals surface area contributed by atoms with Crippen LogP contribution in [-0.2, 0) is 4.79 Å². The van der Waals surface area contributed by atoms with E-state index in [9.17, 15) is 9.59 Å². The Bertz CT molecular complexity index is 458. The van der Waals surface area contributed by atoms with Crippen LogP contribution in [0.5, 0.6) is 5.75 Å². The van der Waals surface area contributed by atoms with E-state index < -0.39 is 0 Å². The van der Waals surface area contributed by atoms with Gasteiger partial charge in [0, 0.05) is 12.1 Å². The predicted octanol–water partition coefficient (Wildman–Crippen LogP) is 1.26. The first kappa shape index (κ1) is 15.0. The van der Waals surface area contributed by atoms with E-state index >= 15 is 0 Å². The summed E-state index contributed by atoms with van der Waals surface area (Å²) in [4.78, 5) is 23.2. The van der Waals surface area contributed by atoms with Crippen LogP contribution in [-0.4, -0.2) is 32.0 Å². The lowest BCUT2D eigenvalue weighted by molar-refractivity contribution is -0.120. The molecule has 0 aliphatic heterocycles. The number of ether oxygens (including phenoxy) is 1. The highest BCUT2D eigenvalue weighted by molar-refractivity contribution is 5.96. The quantitative estimate of drug-likeness (QED) is 0.813. The maximum Gasteiger partial charge on any atom is 0.251 e. The second kappa shape index (κ2) is 7.41. The number of hydrogen-bond donors (Lipinski definition) is 2. The number of carbonyl (C=O) groups is 2. The smallest absolute Gasteiger partial charge is 0.251 e. The molecule has 5 heteroatoms. The monoisotopic (exact) mass is 264 g/mol. The maximum absolute atomic E-state index is 11.9. The molecule has 104 valence electrons. The number of benzene rings is 1. The summed E-state index contributed by atoms with van der Waals surface area (Å²) in [5.41, 5.74) is 1.44. The molecule has 19 heavy (non-hydrogen) atoms. The van der Waals surface area contributed by atoms with Crippen molar-refractivity contribution in [3.05, 3.63) is 29.3 Å². The molecule has 1 rings (SSSR count). The molecule has 2 N–H and O–H groups in total. The fourth-order valence-electron chi connectivity index (χ4n) is 1.55. The molecule has 0 atom stereocenters. The Balaban J connectivity index is 2.56. The molecule has 1 aromatic carbocycles. The number of methoxy groups -OCH3 is 1. The Morgan fingerprint density at radius 2 is 2.00 bits per heavy atom. The van der Waals surface area contributed by atoms with Crippen molar-refractivity contribution < 1.29 is 14.3 Å². The molecule has 5 nitrogen and oxygen atoms in total.